The van der Waals surface area contributed by atoms with Crippen LogP contribution in [0.4, 0.5) is 4.39 Å². The van der Waals surface area contributed by atoms with Crippen LogP contribution in [0.5, 0.6) is 0 Å². The number of benzene rings is 1. The van der Waals surface area contributed by atoms with Crippen LogP contribution >= 0.6 is 11.6 Å². The van der Waals surface area contributed by atoms with Gasteiger partial charge >= 0.3 is 67.0 Å². The molecule has 0 aliphatic carbocycles. The standard InChI is InChI=1S/C6H3ClF.Li/c7-5-2-1-3-6(8)4-5;/h1-3H;. The third-order valence-electron chi connectivity index (χ3n) is 1.20. The summed E-state index contributed by atoms with van der Waals surface area (Å²) >= 11 is 7.22. The van der Waals surface area contributed by atoms with Crippen LogP contribution in [0.2, 0.25) is 5.02 Å². The van der Waals surface area contributed by atoms with Gasteiger partial charge in [0.05, 0.1) is 0 Å². The first kappa shape index (κ1) is 7.15. The molecule has 0 saturated carbocycles. The van der Waals surface area contributed by atoms with E-state index in [0.29, 0.717) is 9.26 Å². The predicted molar refractivity (Wildman–Crippen MR) is 36.8 cm³/mol. The molecule has 0 nitrogen and oxygen atoms in total. The van der Waals surface area contributed by atoms with Crippen LogP contribution in [0.3, 0.4) is 0 Å². The molecule has 0 radical (unpaired) electrons. The summed E-state index contributed by atoms with van der Waals surface area (Å²) in [5.41, 5.74) is 0. The minimum atomic E-state index is -0.248. The molecule has 0 heterocycles. The van der Waals surface area contributed by atoms with Gasteiger partial charge in [0, 0.05) is 0 Å². The Morgan fingerprint density at radius 3 is 2.56 bits per heavy atom. The fourth-order valence-corrected chi connectivity index (χ4v) is 0.744. The Hall–Kier alpha value is 0.0374. The third-order valence-corrected chi connectivity index (χ3v) is 1.61. The van der Waals surface area contributed by atoms with Crippen LogP contribution < -0.4 is 4.24 Å². The third kappa shape index (κ3) is 1.49. The van der Waals surface area contributed by atoms with Crippen molar-refractivity contribution in [3.8, 4) is 0 Å². The number of hydrogen-bond donors (Lipinski definition) is 0. The molecule has 0 fully saturated rings. The maximum atomic E-state index is 12.5. The van der Waals surface area contributed by atoms with Crippen molar-refractivity contribution in [1.82, 2.24) is 0 Å². The molecule has 1 rings (SSSR count). The summed E-state index contributed by atoms with van der Waals surface area (Å²) in [4.78, 5) is 0. The van der Waals surface area contributed by atoms with Gasteiger partial charge in [0.1, 0.15) is 0 Å². The van der Waals surface area contributed by atoms with E-state index in [-0.39, 0.29) is 5.82 Å². The van der Waals surface area contributed by atoms with Gasteiger partial charge in [-0.25, -0.2) is 0 Å². The molecule has 0 unspecified atom stereocenters. The monoisotopic (exact) mass is 136 g/mol. The van der Waals surface area contributed by atoms with Crippen molar-refractivity contribution in [2.45, 2.75) is 0 Å². The van der Waals surface area contributed by atoms with Crippen LogP contribution in [-0.4, -0.2) is 17.7 Å². The van der Waals surface area contributed by atoms with Gasteiger partial charge in [-0.2, -0.15) is 0 Å². The van der Waals surface area contributed by atoms with Crippen LogP contribution in [0.15, 0.2) is 18.2 Å². The average molecular weight is 136 g/mol. The van der Waals surface area contributed by atoms with E-state index in [1.165, 1.54) is 6.07 Å². The molecule has 9 heavy (non-hydrogen) atoms. The summed E-state index contributed by atoms with van der Waals surface area (Å²) in [5.74, 6) is -0.248. The van der Waals surface area contributed by atoms with Gasteiger partial charge in [0.2, 0.25) is 0 Å². The van der Waals surface area contributed by atoms with Gasteiger partial charge in [-0.05, 0) is 0 Å². The second-order valence-electron chi connectivity index (χ2n) is 1.85. The Labute approximate surface area is 67.2 Å². The molecular formula is C6H3ClFLi. The van der Waals surface area contributed by atoms with Gasteiger partial charge in [-0.15, -0.1) is 0 Å². The molecular weight excluding hydrogens is 133 g/mol. The van der Waals surface area contributed by atoms with Crippen molar-refractivity contribution >= 4 is 33.6 Å². The maximum absolute atomic E-state index is 12.5. The zero-order valence-electron chi connectivity index (χ0n) is 4.99. The first-order valence-electron chi connectivity index (χ1n) is 2.62. The van der Waals surface area contributed by atoms with Crippen molar-refractivity contribution in [3.05, 3.63) is 29.0 Å². The van der Waals surface area contributed by atoms with Gasteiger partial charge in [-0.3, -0.25) is 0 Å². The van der Waals surface area contributed by atoms with E-state index >= 15 is 0 Å². The van der Waals surface area contributed by atoms with Gasteiger partial charge in [-0.1, -0.05) is 0 Å². The molecule has 0 aliphatic heterocycles. The topological polar surface area (TPSA) is 0 Å². The summed E-state index contributed by atoms with van der Waals surface area (Å²) in [5, 5.41) is 0.481. The molecule has 0 bridgehead atoms. The molecule has 3 heteroatoms. The van der Waals surface area contributed by atoms with Crippen molar-refractivity contribution in [1.29, 1.82) is 0 Å². The van der Waals surface area contributed by atoms with E-state index in [1.54, 1.807) is 29.8 Å². The SMILES string of the molecule is [Li][c]1c(F)cccc1Cl. The van der Waals surface area contributed by atoms with Crippen molar-refractivity contribution in [3.63, 3.8) is 0 Å². The molecule has 0 aliphatic rings. The number of halogens is 2. The van der Waals surface area contributed by atoms with Gasteiger partial charge in [0.15, 0.2) is 0 Å². The van der Waals surface area contributed by atoms with Crippen LogP contribution in [0, 0.1) is 5.82 Å². The van der Waals surface area contributed by atoms with Crippen molar-refractivity contribution < 1.29 is 4.39 Å². The van der Waals surface area contributed by atoms with Crippen LogP contribution in [0.1, 0.15) is 0 Å². The molecule has 0 saturated heterocycles. The van der Waals surface area contributed by atoms with Crippen LogP contribution in [-0.2, 0) is 0 Å². The molecule has 0 spiro atoms. The van der Waals surface area contributed by atoms with Crippen molar-refractivity contribution in [2.24, 2.45) is 0 Å². The Morgan fingerprint density at radius 1 is 1.44 bits per heavy atom. The normalized spacial score (nSPS) is 9.78. The summed E-state index contributed by atoms with van der Waals surface area (Å²) in [7, 11) is 0. The summed E-state index contributed by atoms with van der Waals surface area (Å²) in [6, 6.07) is 4.64. The molecule has 1 aromatic carbocycles. The molecule has 0 N–H and O–H groups in total. The van der Waals surface area contributed by atoms with Gasteiger partial charge in [0.25, 0.3) is 0 Å². The van der Waals surface area contributed by atoms with E-state index in [4.69, 9.17) is 11.6 Å². The minimum absolute atomic E-state index is 0.248. The number of rotatable bonds is 0. The average Bonchev–Trinajstić information content (AvgIpc) is 1.83. The van der Waals surface area contributed by atoms with E-state index in [1.807, 2.05) is 0 Å². The molecule has 0 amide bonds. The Bertz CT molecular complexity index is 204. The predicted octanol–water partition coefficient (Wildman–Crippen LogP) is 1.27. The van der Waals surface area contributed by atoms with Crippen LogP contribution in [0.25, 0.3) is 0 Å². The Kier molecular flexibility index (Phi) is 2.18. The fourth-order valence-electron chi connectivity index (χ4n) is 0.581. The zero-order chi connectivity index (χ0) is 6.85. The summed E-state index contributed by atoms with van der Waals surface area (Å²) < 4.78 is 13.0. The molecule has 42 valence electrons. The van der Waals surface area contributed by atoms with E-state index < -0.39 is 0 Å². The second-order valence-corrected chi connectivity index (χ2v) is 2.25. The Morgan fingerprint density at radius 2 is 2.11 bits per heavy atom. The summed E-state index contributed by atoms with van der Waals surface area (Å²) in [6.45, 7) is 0. The quantitative estimate of drug-likeness (QED) is 0.471. The first-order valence-corrected chi connectivity index (χ1v) is 3.00. The second kappa shape index (κ2) is 2.75. The fraction of sp³-hybridized carbons (Fsp3) is 0. The first-order chi connectivity index (χ1) is 4.22. The summed E-state index contributed by atoms with van der Waals surface area (Å²) in [6.07, 6.45) is 0. The van der Waals surface area contributed by atoms with Gasteiger partial charge < -0.3 is 0 Å². The van der Waals surface area contributed by atoms with E-state index in [2.05, 4.69) is 0 Å². The zero-order valence-corrected chi connectivity index (χ0v) is 5.74. The molecule has 0 atom stereocenters. The molecule has 0 aromatic heterocycles. The molecule has 1 aromatic rings. The van der Waals surface area contributed by atoms with E-state index in [0.717, 1.165) is 0 Å². The number of hydrogen-bond acceptors (Lipinski definition) is 0. The van der Waals surface area contributed by atoms with Crippen molar-refractivity contribution in [2.75, 3.05) is 0 Å². The van der Waals surface area contributed by atoms with E-state index in [9.17, 15) is 4.39 Å². The Balaban J connectivity index is 3.25.